The summed E-state index contributed by atoms with van der Waals surface area (Å²) in [5.74, 6) is 0. The Kier molecular flexibility index (Phi) is 3.33. The van der Waals surface area contributed by atoms with Crippen LogP contribution in [0.3, 0.4) is 0 Å². The van der Waals surface area contributed by atoms with Crippen LogP contribution in [-0.4, -0.2) is 28.2 Å². The van der Waals surface area contributed by atoms with E-state index in [1.54, 1.807) is 0 Å². The molecule has 0 aliphatic carbocycles. The molecule has 5 nitrogen and oxygen atoms in total. The molecule has 5 heteroatoms. The normalized spacial score (nSPS) is 20.4. The second-order valence-corrected chi connectivity index (χ2v) is 3.98. The summed E-state index contributed by atoms with van der Waals surface area (Å²) in [6.45, 7) is 3.69. The van der Waals surface area contributed by atoms with E-state index in [0.29, 0.717) is 6.04 Å². The molecular formula is C10H18N4O. The Balaban J connectivity index is 2.05. The fourth-order valence-corrected chi connectivity index (χ4v) is 1.80. The predicted octanol–water partition coefficient (Wildman–Crippen LogP) is 1.04. The van der Waals surface area contributed by atoms with Crippen molar-refractivity contribution >= 4 is 0 Å². The second-order valence-electron chi connectivity index (χ2n) is 3.98. The van der Waals surface area contributed by atoms with Gasteiger partial charge >= 0.3 is 0 Å². The van der Waals surface area contributed by atoms with Gasteiger partial charge in [-0.15, -0.1) is 5.10 Å². The van der Waals surface area contributed by atoms with Crippen LogP contribution in [0.2, 0.25) is 0 Å². The zero-order valence-corrected chi connectivity index (χ0v) is 9.09. The van der Waals surface area contributed by atoms with E-state index in [2.05, 4.69) is 17.2 Å². The van der Waals surface area contributed by atoms with Crippen LogP contribution in [-0.2, 0) is 4.74 Å². The molecule has 0 bridgehead atoms. The lowest BCUT2D eigenvalue weighted by Gasteiger charge is -2.21. The van der Waals surface area contributed by atoms with E-state index < -0.39 is 0 Å². The molecule has 1 atom stereocenters. The highest BCUT2D eigenvalue weighted by atomic mass is 16.5. The molecule has 1 aliphatic rings. The molecule has 0 spiro atoms. The summed E-state index contributed by atoms with van der Waals surface area (Å²) < 4.78 is 7.25. The van der Waals surface area contributed by atoms with Crippen LogP contribution in [0.15, 0.2) is 6.20 Å². The number of rotatable bonds is 3. The van der Waals surface area contributed by atoms with Crippen molar-refractivity contribution < 1.29 is 4.74 Å². The Morgan fingerprint density at radius 2 is 2.33 bits per heavy atom. The Labute approximate surface area is 89.6 Å². The van der Waals surface area contributed by atoms with Gasteiger partial charge in [-0.2, -0.15) is 0 Å². The molecular weight excluding hydrogens is 192 g/mol. The highest BCUT2D eigenvalue weighted by Crippen LogP contribution is 2.20. The van der Waals surface area contributed by atoms with Gasteiger partial charge in [0.15, 0.2) is 0 Å². The summed E-state index contributed by atoms with van der Waals surface area (Å²) in [6.07, 6.45) is 4.91. The maximum absolute atomic E-state index is 5.90. The summed E-state index contributed by atoms with van der Waals surface area (Å²) >= 11 is 0. The van der Waals surface area contributed by atoms with Gasteiger partial charge < -0.3 is 10.5 Å². The largest absolute Gasteiger partial charge is 0.381 e. The van der Waals surface area contributed by atoms with Crippen molar-refractivity contribution in [2.45, 2.75) is 38.3 Å². The topological polar surface area (TPSA) is 66.0 Å². The van der Waals surface area contributed by atoms with Crippen molar-refractivity contribution in [3.8, 4) is 0 Å². The Morgan fingerprint density at radius 3 is 3.00 bits per heavy atom. The second kappa shape index (κ2) is 4.72. The molecule has 0 aromatic carbocycles. The van der Waals surface area contributed by atoms with Gasteiger partial charge in [-0.05, 0) is 19.3 Å². The SMILES string of the molecule is CCC(N)c1cn(C2CCOCC2)nn1. The number of hydrogen-bond acceptors (Lipinski definition) is 4. The van der Waals surface area contributed by atoms with E-state index >= 15 is 0 Å². The molecule has 15 heavy (non-hydrogen) atoms. The number of nitrogens with zero attached hydrogens (tertiary/aromatic N) is 3. The fourth-order valence-electron chi connectivity index (χ4n) is 1.80. The summed E-state index contributed by atoms with van der Waals surface area (Å²) in [5, 5.41) is 8.25. The predicted molar refractivity (Wildman–Crippen MR) is 56.3 cm³/mol. The summed E-state index contributed by atoms with van der Waals surface area (Å²) in [4.78, 5) is 0. The van der Waals surface area contributed by atoms with E-state index in [4.69, 9.17) is 10.5 Å². The van der Waals surface area contributed by atoms with E-state index in [0.717, 1.165) is 38.2 Å². The summed E-state index contributed by atoms with van der Waals surface area (Å²) in [5.41, 5.74) is 6.79. The molecule has 1 aromatic heterocycles. The van der Waals surface area contributed by atoms with Crippen LogP contribution in [0.4, 0.5) is 0 Å². The van der Waals surface area contributed by atoms with Gasteiger partial charge in [-0.25, -0.2) is 4.68 Å². The average molecular weight is 210 g/mol. The minimum Gasteiger partial charge on any atom is -0.381 e. The fraction of sp³-hybridized carbons (Fsp3) is 0.800. The standard InChI is InChI=1S/C10H18N4O/c1-2-9(11)10-7-14(13-12-10)8-3-5-15-6-4-8/h7-9H,2-6,11H2,1H3. The molecule has 84 valence electrons. The summed E-state index contributed by atoms with van der Waals surface area (Å²) in [6, 6.07) is 0.447. The molecule has 2 heterocycles. The number of hydrogen-bond donors (Lipinski definition) is 1. The van der Waals surface area contributed by atoms with E-state index in [9.17, 15) is 0 Å². The molecule has 0 amide bonds. The number of ether oxygens (including phenoxy) is 1. The van der Waals surface area contributed by atoms with Gasteiger partial charge in [0.1, 0.15) is 0 Å². The van der Waals surface area contributed by atoms with Crippen LogP contribution in [0.5, 0.6) is 0 Å². The maximum atomic E-state index is 5.90. The molecule has 1 aliphatic heterocycles. The van der Waals surface area contributed by atoms with Crippen molar-refractivity contribution in [3.05, 3.63) is 11.9 Å². The van der Waals surface area contributed by atoms with Crippen LogP contribution in [0.1, 0.15) is 44.0 Å². The minimum absolute atomic E-state index is 0.0126. The lowest BCUT2D eigenvalue weighted by Crippen LogP contribution is -2.20. The quantitative estimate of drug-likeness (QED) is 0.809. The van der Waals surface area contributed by atoms with E-state index in [1.165, 1.54) is 0 Å². The first-order valence-electron chi connectivity index (χ1n) is 5.56. The monoisotopic (exact) mass is 210 g/mol. The molecule has 0 radical (unpaired) electrons. The Hall–Kier alpha value is -0.940. The van der Waals surface area contributed by atoms with Gasteiger partial charge in [0.25, 0.3) is 0 Å². The summed E-state index contributed by atoms with van der Waals surface area (Å²) in [7, 11) is 0. The van der Waals surface area contributed by atoms with Gasteiger partial charge in [0.05, 0.1) is 24.0 Å². The first-order chi connectivity index (χ1) is 7.31. The lowest BCUT2D eigenvalue weighted by atomic mass is 10.1. The Morgan fingerprint density at radius 1 is 1.60 bits per heavy atom. The Bertz CT molecular complexity index is 306. The van der Waals surface area contributed by atoms with Crippen molar-refractivity contribution in [2.24, 2.45) is 5.73 Å². The van der Waals surface area contributed by atoms with Crippen molar-refractivity contribution in [2.75, 3.05) is 13.2 Å². The molecule has 2 rings (SSSR count). The van der Waals surface area contributed by atoms with Gasteiger partial charge in [-0.1, -0.05) is 12.1 Å². The first kappa shape index (κ1) is 10.6. The third-order valence-corrected chi connectivity index (χ3v) is 2.91. The van der Waals surface area contributed by atoms with Gasteiger partial charge in [0, 0.05) is 13.2 Å². The lowest BCUT2D eigenvalue weighted by molar-refractivity contribution is 0.0657. The number of nitrogens with two attached hydrogens (primary N) is 1. The highest BCUT2D eigenvalue weighted by Gasteiger charge is 2.18. The highest BCUT2D eigenvalue weighted by molar-refractivity contribution is 4.99. The third-order valence-electron chi connectivity index (χ3n) is 2.91. The van der Waals surface area contributed by atoms with E-state index in [1.807, 2.05) is 10.9 Å². The minimum atomic E-state index is 0.0126. The van der Waals surface area contributed by atoms with Crippen LogP contribution in [0, 0.1) is 0 Å². The smallest absolute Gasteiger partial charge is 0.0994 e. The van der Waals surface area contributed by atoms with Gasteiger partial charge in [0.2, 0.25) is 0 Å². The zero-order chi connectivity index (χ0) is 10.7. The average Bonchev–Trinajstić information content (AvgIpc) is 2.78. The first-order valence-corrected chi connectivity index (χ1v) is 5.56. The molecule has 0 saturated carbocycles. The van der Waals surface area contributed by atoms with Crippen molar-refractivity contribution in [1.82, 2.24) is 15.0 Å². The molecule has 1 unspecified atom stereocenters. The molecule has 2 N–H and O–H groups in total. The van der Waals surface area contributed by atoms with Crippen LogP contribution < -0.4 is 5.73 Å². The third kappa shape index (κ3) is 2.35. The molecule has 1 aromatic rings. The van der Waals surface area contributed by atoms with Gasteiger partial charge in [-0.3, -0.25) is 0 Å². The maximum Gasteiger partial charge on any atom is 0.0994 e. The molecule has 1 saturated heterocycles. The van der Waals surface area contributed by atoms with Crippen LogP contribution >= 0.6 is 0 Å². The van der Waals surface area contributed by atoms with Crippen LogP contribution in [0.25, 0.3) is 0 Å². The van der Waals surface area contributed by atoms with E-state index in [-0.39, 0.29) is 6.04 Å². The molecule has 1 fully saturated rings. The number of aromatic nitrogens is 3. The zero-order valence-electron chi connectivity index (χ0n) is 9.09. The van der Waals surface area contributed by atoms with Crippen molar-refractivity contribution in [3.63, 3.8) is 0 Å². The van der Waals surface area contributed by atoms with Crippen molar-refractivity contribution in [1.29, 1.82) is 0 Å².